The minimum absolute atomic E-state index is 0.270. The first-order chi connectivity index (χ1) is 5.51. The zero-order valence-electron chi connectivity index (χ0n) is 7.83. The molecule has 1 rings (SSSR count). The summed E-state index contributed by atoms with van der Waals surface area (Å²) in [7, 11) is 0. The van der Waals surface area contributed by atoms with E-state index in [4.69, 9.17) is 5.26 Å². The molecule has 0 aliphatic heterocycles. The summed E-state index contributed by atoms with van der Waals surface area (Å²) in [4.78, 5) is 0. The molecular formula is C10H14N2. The van der Waals surface area contributed by atoms with Crippen LogP contribution in [0.25, 0.3) is 0 Å². The van der Waals surface area contributed by atoms with Crippen molar-refractivity contribution >= 4 is 0 Å². The van der Waals surface area contributed by atoms with Crippen molar-refractivity contribution in [2.45, 2.75) is 27.3 Å². The summed E-state index contributed by atoms with van der Waals surface area (Å²) in [6.07, 6.45) is 3.83. The van der Waals surface area contributed by atoms with Crippen molar-refractivity contribution in [1.29, 1.82) is 5.26 Å². The average molecular weight is 162 g/mol. The SMILES string of the molecule is CC(C)(C)Cn1ccc(C#N)c1. The van der Waals surface area contributed by atoms with E-state index in [2.05, 4.69) is 31.4 Å². The molecule has 12 heavy (non-hydrogen) atoms. The summed E-state index contributed by atoms with van der Waals surface area (Å²) >= 11 is 0. The Morgan fingerprint density at radius 1 is 1.50 bits per heavy atom. The third-order valence-corrected chi connectivity index (χ3v) is 1.54. The smallest absolute Gasteiger partial charge is 0.101 e. The molecule has 0 atom stereocenters. The van der Waals surface area contributed by atoms with E-state index in [0.29, 0.717) is 0 Å². The molecule has 0 bridgehead atoms. The molecule has 0 spiro atoms. The number of nitrogens with zero attached hydrogens (tertiary/aromatic N) is 2. The van der Waals surface area contributed by atoms with Crippen molar-refractivity contribution in [1.82, 2.24) is 4.57 Å². The van der Waals surface area contributed by atoms with Gasteiger partial charge in [0.15, 0.2) is 0 Å². The van der Waals surface area contributed by atoms with Gasteiger partial charge in [-0.15, -0.1) is 0 Å². The Morgan fingerprint density at radius 3 is 2.58 bits per heavy atom. The normalized spacial score (nSPS) is 11.2. The van der Waals surface area contributed by atoms with Crippen molar-refractivity contribution < 1.29 is 0 Å². The number of hydrogen-bond acceptors (Lipinski definition) is 1. The van der Waals surface area contributed by atoms with Crippen LogP contribution in [0.2, 0.25) is 0 Å². The fourth-order valence-electron chi connectivity index (χ4n) is 1.15. The minimum Gasteiger partial charge on any atom is -0.352 e. The van der Waals surface area contributed by atoms with Gasteiger partial charge in [0.2, 0.25) is 0 Å². The maximum Gasteiger partial charge on any atom is 0.101 e. The molecule has 0 unspecified atom stereocenters. The lowest BCUT2D eigenvalue weighted by Crippen LogP contribution is -2.13. The van der Waals surface area contributed by atoms with E-state index in [1.807, 2.05) is 18.5 Å². The van der Waals surface area contributed by atoms with Crippen molar-refractivity contribution in [3.8, 4) is 6.07 Å². The molecule has 2 heteroatoms. The molecule has 0 aliphatic rings. The monoisotopic (exact) mass is 162 g/mol. The quantitative estimate of drug-likeness (QED) is 0.623. The van der Waals surface area contributed by atoms with Gasteiger partial charge in [0.1, 0.15) is 6.07 Å². The van der Waals surface area contributed by atoms with E-state index < -0.39 is 0 Å². The second-order valence-corrected chi connectivity index (χ2v) is 4.24. The Hall–Kier alpha value is -1.23. The zero-order valence-corrected chi connectivity index (χ0v) is 7.83. The molecule has 0 saturated carbocycles. The van der Waals surface area contributed by atoms with Crippen LogP contribution in [0.5, 0.6) is 0 Å². The van der Waals surface area contributed by atoms with Crippen LogP contribution in [0.4, 0.5) is 0 Å². The van der Waals surface area contributed by atoms with E-state index in [0.717, 1.165) is 12.1 Å². The van der Waals surface area contributed by atoms with Crippen LogP contribution >= 0.6 is 0 Å². The molecule has 1 aromatic heterocycles. The fraction of sp³-hybridized carbons (Fsp3) is 0.500. The van der Waals surface area contributed by atoms with Gasteiger partial charge in [0, 0.05) is 18.9 Å². The lowest BCUT2D eigenvalue weighted by Gasteiger charge is -2.18. The maximum absolute atomic E-state index is 8.59. The summed E-state index contributed by atoms with van der Waals surface area (Å²) in [6.45, 7) is 7.49. The highest BCUT2D eigenvalue weighted by Crippen LogP contribution is 2.16. The summed E-state index contributed by atoms with van der Waals surface area (Å²) in [6, 6.07) is 3.95. The van der Waals surface area contributed by atoms with Gasteiger partial charge < -0.3 is 4.57 Å². The molecule has 0 saturated heterocycles. The van der Waals surface area contributed by atoms with Gasteiger partial charge in [-0.1, -0.05) is 20.8 Å². The van der Waals surface area contributed by atoms with Crippen LogP contribution in [0, 0.1) is 16.7 Å². The van der Waals surface area contributed by atoms with E-state index in [1.165, 1.54) is 0 Å². The van der Waals surface area contributed by atoms with Crippen molar-refractivity contribution in [3.05, 3.63) is 24.0 Å². The molecular weight excluding hydrogens is 148 g/mol. The highest BCUT2D eigenvalue weighted by Gasteiger charge is 2.10. The van der Waals surface area contributed by atoms with E-state index in [9.17, 15) is 0 Å². The highest BCUT2D eigenvalue weighted by molar-refractivity contribution is 5.25. The number of nitriles is 1. The third kappa shape index (κ3) is 2.43. The van der Waals surface area contributed by atoms with E-state index in [-0.39, 0.29) is 5.41 Å². The van der Waals surface area contributed by atoms with Gasteiger partial charge in [-0.2, -0.15) is 5.26 Å². The molecule has 0 aromatic carbocycles. The fourth-order valence-corrected chi connectivity index (χ4v) is 1.15. The average Bonchev–Trinajstić information content (AvgIpc) is 2.32. The molecule has 0 amide bonds. The first-order valence-corrected chi connectivity index (χ1v) is 4.07. The van der Waals surface area contributed by atoms with E-state index in [1.54, 1.807) is 0 Å². The van der Waals surface area contributed by atoms with Crippen molar-refractivity contribution in [3.63, 3.8) is 0 Å². The van der Waals surface area contributed by atoms with Crippen LogP contribution in [-0.2, 0) is 6.54 Å². The molecule has 1 heterocycles. The maximum atomic E-state index is 8.59. The lowest BCUT2D eigenvalue weighted by atomic mass is 9.97. The number of hydrogen-bond donors (Lipinski definition) is 0. The summed E-state index contributed by atoms with van der Waals surface area (Å²) in [5, 5.41) is 8.59. The molecule has 1 aromatic rings. The van der Waals surface area contributed by atoms with Crippen LogP contribution in [0.3, 0.4) is 0 Å². The first-order valence-electron chi connectivity index (χ1n) is 4.07. The molecule has 2 nitrogen and oxygen atoms in total. The summed E-state index contributed by atoms with van der Waals surface area (Å²) in [5.74, 6) is 0. The Bertz CT molecular complexity index is 296. The van der Waals surface area contributed by atoms with Crippen LogP contribution in [0.15, 0.2) is 18.5 Å². The van der Waals surface area contributed by atoms with Gasteiger partial charge in [-0.3, -0.25) is 0 Å². The Morgan fingerprint density at radius 2 is 2.17 bits per heavy atom. The van der Waals surface area contributed by atoms with E-state index >= 15 is 0 Å². The second kappa shape index (κ2) is 3.02. The van der Waals surface area contributed by atoms with Gasteiger partial charge in [-0.25, -0.2) is 0 Å². The highest BCUT2D eigenvalue weighted by atomic mass is 14.9. The van der Waals surface area contributed by atoms with Crippen molar-refractivity contribution in [2.24, 2.45) is 5.41 Å². The van der Waals surface area contributed by atoms with Gasteiger partial charge >= 0.3 is 0 Å². The van der Waals surface area contributed by atoms with Gasteiger partial charge in [-0.05, 0) is 11.5 Å². The minimum atomic E-state index is 0.270. The Labute approximate surface area is 73.4 Å². The predicted octanol–water partition coefficient (Wildman–Crippen LogP) is 2.41. The molecule has 64 valence electrons. The third-order valence-electron chi connectivity index (χ3n) is 1.54. The largest absolute Gasteiger partial charge is 0.352 e. The Balaban J connectivity index is 2.72. The summed E-state index contributed by atoms with van der Waals surface area (Å²) in [5.41, 5.74) is 1.01. The van der Waals surface area contributed by atoms with Gasteiger partial charge in [0.05, 0.1) is 5.56 Å². The van der Waals surface area contributed by atoms with Crippen LogP contribution in [0.1, 0.15) is 26.3 Å². The number of aromatic nitrogens is 1. The molecule has 0 radical (unpaired) electrons. The predicted molar refractivity (Wildman–Crippen MR) is 48.6 cm³/mol. The Kier molecular flexibility index (Phi) is 2.23. The topological polar surface area (TPSA) is 28.7 Å². The van der Waals surface area contributed by atoms with Crippen molar-refractivity contribution in [2.75, 3.05) is 0 Å². The lowest BCUT2D eigenvalue weighted by molar-refractivity contribution is 0.344. The zero-order chi connectivity index (χ0) is 9.19. The van der Waals surface area contributed by atoms with Crippen LogP contribution < -0.4 is 0 Å². The second-order valence-electron chi connectivity index (χ2n) is 4.24. The first kappa shape index (κ1) is 8.86. The molecule has 0 fully saturated rings. The standard InChI is InChI=1S/C10H14N2/c1-10(2,3)8-12-5-4-9(6-11)7-12/h4-5,7H,8H2,1-3H3. The summed E-state index contributed by atoms with van der Waals surface area (Å²) < 4.78 is 2.05. The van der Waals surface area contributed by atoms with Crippen LogP contribution in [-0.4, -0.2) is 4.57 Å². The molecule has 0 N–H and O–H groups in total. The molecule has 0 aliphatic carbocycles. The van der Waals surface area contributed by atoms with Gasteiger partial charge in [0.25, 0.3) is 0 Å². The number of rotatable bonds is 1.